The Morgan fingerprint density at radius 2 is 1.57 bits per heavy atom. The molecule has 0 bridgehead atoms. The summed E-state index contributed by atoms with van der Waals surface area (Å²) in [5, 5.41) is 5.41. The average Bonchev–Trinajstić information content (AvgIpc) is 2.70. The SMILES string of the molecule is CC(NC(=S)N(Cc1ccccc1)Cc1ccc(Cl)cc1Cl)c1ccccc1. The molecule has 0 aliphatic rings. The van der Waals surface area contributed by atoms with E-state index in [0.29, 0.717) is 28.2 Å². The van der Waals surface area contributed by atoms with Crippen LogP contribution in [0.15, 0.2) is 78.9 Å². The molecule has 3 aromatic carbocycles. The van der Waals surface area contributed by atoms with E-state index in [1.54, 1.807) is 6.07 Å². The number of nitrogens with zero attached hydrogens (tertiary/aromatic N) is 1. The van der Waals surface area contributed by atoms with Crippen molar-refractivity contribution in [1.29, 1.82) is 0 Å². The Hall–Kier alpha value is -2.07. The van der Waals surface area contributed by atoms with E-state index in [9.17, 15) is 0 Å². The third-order valence-electron chi connectivity index (χ3n) is 4.52. The molecule has 5 heteroatoms. The Balaban J connectivity index is 1.79. The number of halogens is 2. The first-order valence-electron chi connectivity index (χ1n) is 9.11. The van der Waals surface area contributed by atoms with Crippen molar-refractivity contribution < 1.29 is 0 Å². The summed E-state index contributed by atoms with van der Waals surface area (Å²) in [6.45, 7) is 3.39. The summed E-state index contributed by atoms with van der Waals surface area (Å²) >= 11 is 18.2. The van der Waals surface area contributed by atoms with Gasteiger partial charge in [-0.15, -0.1) is 0 Å². The number of nitrogens with one attached hydrogen (secondary N) is 1. The van der Waals surface area contributed by atoms with Crippen molar-refractivity contribution in [2.75, 3.05) is 0 Å². The lowest BCUT2D eigenvalue weighted by atomic mass is 10.1. The highest BCUT2D eigenvalue weighted by molar-refractivity contribution is 7.80. The van der Waals surface area contributed by atoms with Crippen LogP contribution >= 0.6 is 35.4 Å². The minimum absolute atomic E-state index is 0.104. The van der Waals surface area contributed by atoms with Gasteiger partial charge in [0.05, 0.1) is 6.04 Å². The molecule has 28 heavy (non-hydrogen) atoms. The van der Waals surface area contributed by atoms with Crippen LogP contribution in [0.1, 0.15) is 29.7 Å². The third kappa shape index (κ3) is 5.71. The van der Waals surface area contributed by atoms with Gasteiger partial charge in [0, 0.05) is 23.1 Å². The fourth-order valence-electron chi connectivity index (χ4n) is 2.96. The van der Waals surface area contributed by atoms with Gasteiger partial charge in [-0.1, -0.05) is 89.9 Å². The predicted molar refractivity (Wildman–Crippen MR) is 123 cm³/mol. The van der Waals surface area contributed by atoms with Gasteiger partial charge in [0.15, 0.2) is 5.11 Å². The zero-order chi connectivity index (χ0) is 19.9. The molecule has 144 valence electrons. The van der Waals surface area contributed by atoms with Gasteiger partial charge in [0.25, 0.3) is 0 Å². The minimum Gasteiger partial charge on any atom is -0.356 e. The molecule has 0 aliphatic heterocycles. The molecule has 3 aromatic rings. The molecule has 3 rings (SSSR count). The highest BCUT2D eigenvalue weighted by Gasteiger charge is 2.16. The van der Waals surface area contributed by atoms with Crippen LogP contribution in [0, 0.1) is 0 Å². The number of hydrogen-bond donors (Lipinski definition) is 1. The first-order valence-corrected chi connectivity index (χ1v) is 10.3. The van der Waals surface area contributed by atoms with Crippen LogP contribution in [0.5, 0.6) is 0 Å². The fourth-order valence-corrected chi connectivity index (χ4v) is 3.73. The van der Waals surface area contributed by atoms with Crippen LogP contribution < -0.4 is 5.32 Å². The Bertz CT molecular complexity index is 916. The quantitative estimate of drug-likeness (QED) is 0.443. The first kappa shape index (κ1) is 20.7. The molecule has 1 unspecified atom stereocenters. The monoisotopic (exact) mass is 428 g/mol. The van der Waals surface area contributed by atoms with E-state index < -0.39 is 0 Å². The van der Waals surface area contributed by atoms with E-state index in [2.05, 4.69) is 41.4 Å². The molecule has 0 amide bonds. The molecule has 1 atom stereocenters. The Labute approximate surface area is 182 Å². The lowest BCUT2D eigenvalue weighted by Gasteiger charge is -2.29. The Morgan fingerprint density at radius 3 is 2.21 bits per heavy atom. The number of hydrogen-bond acceptors (Lipinski definition) is 1. The van der Waals surface area contributed by atoms with Crippen molar-refractivity contribution in [1.82, 2.24) is 10.2 Å². The number of benzene rings is 3. The van der Waals surface area contributed by atoms with Crippen LogP contribution in [-0.4, -0.2) is 10.0 Å². The third-order valence-corrected chi connectivity index (χ3v) is 5.48. The van der Waals surface area contributed by atoms with E-state index >= 15 is 0 Å². The van der Waals surface area contributed by atoms with Gasteiger partial charge in [0.1, 0.15) is 0 Å². The summed E-state index contributed by atoms with van der Waals surface area (Å²) < 4.78 is 0. The van der Waals surface area contributed by atoms with Gasteiger partial charge >= 0.3 is 0 Å². The molecular weight excluding hydrogens is 407 g/mol. The molecule has 2 nitrogen and oxygen atoms in total. The van der Waals surface area contributed by atoms with E-state index in [1.165, 1.54) is 11.1 Å². The summed E-state index contributed by atoms with van der Waals surface area (Å²) in [4.78, 5) is 2.12. The van der Waals surface area contributed by atoms with E-state index in [0.717, 1.165) is 5.56 Å². The molecule has 0 radical (unpaired) electrons. The molecule has 0 aromatic heterocycles. The van der Waals surface area contributed by atoms with Gasteiger partial charge < -0.3 is 10.2 Å². The van der Waals surface area contributed by atoms with E-state index in [-0.39, 0.29) is 6.04 Å². The van der Waals surface area contributed by atoms with E-state index in [4.69, 9.17) is 35.4 Å². The minimum atomic E-state index is 0.104. The first-order chi connectivity index (χ1) is 13.5. The van der Waals surface area contributed by atoms with Crippen LogP contribution in [0.2, 0.25) is 10.0 Å². The fraction of sp³-hybridized carbons (Fsp3) is 0.174. The van der Waals surface area contributed by atoms with Crippen molar-refractivity contribution in [3.05, 3.63) is 106 Å². The van der Waals surface area contributed by atoms with Gasteiger partial charge in [-0.3, -0.25) is 0 Å². The van der Waals surface area contributed by atoms with E-state index in [1.807, 2.05) is 48.5 Å². The van der Waals surface area contributed by atoms with Crippen molar-refractivity contribution in [2.45, 2.75) is 26.1 Å². The summed E-state index contributed by atoms with van der Waals surface area (Å²) in [5.74, 6) is 0. The van der Waals surface area contributed by atoms with Crippen LogP contribution in [-0.2, 0) is 13.1 Å². The van der Waals surface area contributed by atoms with Crippen molar-refractivity contribution >= 4 is 40.5 Å². The average molecular weight is 429 g/mol. The van der Waals surface area contributed by atoms with Gasteiger partial charge in [-0.05, 0) is 48.0 Å². The maximum atomic E-state index is 6.41. The molecule has 0 aliphatic carbocycles. The van der Waals surface area contributed by atoms with Crippen molar-refractivity contribution in [3.63, 3.8) is 0 Å². The molecule has 0 saturated heterocycles. The standard InChI is InChI=1S/C23H22Cl2N2S/c1-17(19-10-6-3-7-11-19)26-23(28)27(15-18-8-4-2-5-9-18)16-20-12-13-21(24)14-22(20)25/h2-14,17H,15-16H2,1H3,(H,26,28). The zero-order valence-corrected chi connectivity index (χ0v) is 17.9. The Kier molecular flexibility index (Phi) is 7.32. The highest BCUT2D eigenvalue weighted by Crippen LogP contribution is 2.23. The van der Waals surface area contributed by atoms with Crippen molar-refractivity contribution in [2.24, 2.45) is 0 Å². The lowest BCUT2D eigenvalue weighted by Crippen LogP contribution is -2.40. The van der Waals surface area contributed by atoms with Gasteiger partial charge in [-0.25, -0.2) is 0 Å². The topological polar surface area (TPSA) is 15.3 Å². The summed E-state index contributed by atoms with van der Waals surface area (Å²) in [7, 11) is 0. The largest absolute Gasteiger partial charge is 0.356 e. The zero-order valence-electron chi connectivity index (χ0n) is 15.6. The van der Waals surface area contributed by atoms with Crippen LogP contribution in [0.25, 0.3) is 0 Å². The number of thiocarbonyl (C=S) groups is 1. The molecule has 0 spiro atoms. The predicted octanol–water partition coefficient (Wildman–Crippen LogP) is 6.63. The molecule has 0 saturated carbocycles. The maximum Gasteiger partial charge on any atom is 0.170 e. The maximum absolute atomic E-state index is 6.41. The lowest BCUT2D eigenvalue weighted by molar-refractivity contribution is 0.393. The number of rotatable bonds is 6. The summed E-state index contributed by atoms with van der Waals surface area (Å²) in [6, 6.07) is 26.2. The van der Waals surface area contributed by atoms with Crippen LogP contribution in [0.3, 0.4) is 0 Å². The molecule has 1 N–H and O–H groups in total. The second kappa shape index (κ2) is 9.92. The Morgan fingerprint density at radius 1 is 0.929 bits per heavy atom. The normalized spacial score (nSPS) is 11.7. The molecule has 0 heterocycles. The summed E-state index contributed by atoms with van der Waals surface area (Å²) in [6.07, 6.45) is 0. The van der Waals surface area contributed by atoms with Gasteiger partial charge in [-0.2, -0.15) is 0 Å². The van der Waals surface area contributed by atoms with Crippen LogP contribution in [0.4, 0.5) is 0 Å². The highest BCUT2D eigenvalue weighted by atomic mass is 35.5. The second-order valence-electron chi connectivity index (χ2n) is 6.66. The smallest absolute Gasteiger partial charge is 0.170 e. The molecule has 0 fully saturated rings. The molecular formula is C23H22Cl2N2S. The van der Waals surface area contributed by atoms with Crippen molar-refractivity contribution in [3.8, 4) is 0 Å². The second-order valence-corrected chi connectivity index (χ2v) is 7.89. The summed E-state index contributed by atoms with van der Waals surface area (Å²) in [5.41, 5.74) is 3.36. The van der Waals surface area contributed by atoms with Gasteiger partial charge in [0.2, 0.25) is 0 Å².